The Bertz CT molecular complexity index is 560. The summed E-state index contributed by atoms with van der Waals surface area (Å²) in [5, 5.41) is 2.87. The lowest BCUT2D eigenvalue weighted by Crippen LogP contribution is -2.08. The molecule has 2 rings (SSSR count). The number of nitrogens with zero attached hydrogens (tertiary/aromatic N) is 3. The van der Waals surface area contributed by atoms with Crippen LogP contribution in [0.2, 0.25) is 5.28 Å². The fourth-order valence-electron chi connectivity index (χ4n) is 1.43. The summed E-state index contributed by atoms with van der Waals surface area (Å²) in [6.07, 6.45) is 1.04. The molecular formula is C12H12ClFN4. The van der Waals surface area contributed by atoms with Crippen LogP contribution in [0.1, 0.15) is 0 Å². The molecule has 1 heterocycles. The zero-order valence-corrected chi connectivity index (χ0v) is 10.7. The van der Waals surface area contributed by atoms with E-state index in [0.29, 0.717) is 0 Å². The summed E-state index contributed by atoms with van der Waals surface area (Å²) in [6, 6.07) is 7.53. The van der Waals surface area contributed by atoms with Crippen LogP contribution in [-0.2, 0) is 0 Å². The van der Waals surface area contributed by atoms with Crippen LogP contribution in [0.5, 0.6) is 0 Å². The minimum atomic E-state index is -0.547. The standard InChI is InChI=1S/C12H12ClFN4/c1-18(2)9-5-3-4-8(6-9)16-11-10(14)7-15-12(13)17-11/h3-7H,1-2H3,(H,15,16,17). The van der Waals surface area contributed by atoms with Crippen LogP contribution in [-0.4, -0.2) is 24.1 Å². The maximum absolute atomic E-state index is 13.5. The Morgan fingerprint density at radius 1 is 1.33 bits per heavy atom. The first-order chi connectivity index (χ1) is 8.56. The lowest BCUT2D eigenvalue weighted by molar-refractivity contribution is 0.619. The second kappa shape index (κ2) is 5.18. The van der Waals surface area contributed by atoms with Crippen molar-refractivity contribution in [3.63, 3.8) is 0 Å². The van der Waals surface area contributed by atoms with Crippen molar-refractivity contribution in [1.29, 1.82) is 0 Å². The van der Waals surface area contributed by atoms with Crippen LogP contribution in [0.15, 0.2) is 30.5 Å². The molecule has 0 amide bonds. The van der Waals surface area contributed by atoms with Crippen LogP contribution < -0.4 is 10.2 Å². The Morgan fingerprint density at radius 3 is 2.83 bits per heavy atom. The number of aromatic nitrogens is 2. The van der Waals surface area contributed by atoms with Crippen LogP contribution in [0.25, 0.3) is 0 Å². The molecule has 1 aromatic heterocycles. The number of rotatable bonds is 3. The predicted octanol–water partition coefficient (Wildman–Crippen LogP) is 3.08. The highest BCUT2D eigenvalue weighted by Gasteiger charge is 2.06. The van der Waals surface area contributed by atoms with Gasteiger partial charge in [-0.25, -0.2) is 9.37 Å². The molecule has 6 heteroatoms. The molecule has 18 heavy (non-hydrogen) atoms. The van der Waals surface area contributed by atoms with Crippen molar-refractivity contribution < 1.29 is 4.39 Å². The third-order valence-electron chi connectivity index (χ3n) is 2.34. The largest absolute Gasteiger partial charge is 0.378 e. The van der Waals surface area contributed by atoms with Crippen LogP contribution in [0, 0.1) is 5.82 Å². The van der Waals surface area contributed by atoms with Crippen molar-refractivity contribution in [2.45, 2.75) is 0 Å². The topological polar surface area (TPSA) is 41.0 Å². The van der Waals surface area contributed by atoms with Gasteiger partial charge in [-0.15, -0.1) is 0 Å². The van der Waals surface area contributed by atoms with E-state index in [2.05, 4.69) is 15.3 Å². The van der Waals surface area contributed by atoms with Gasteiger partial charge in [-0.1, -0.05) is 6.07 Å². The van der Waals surface area contributed by atoms with E-state index >= 15 is 0 Å². The Labute approximate surface area is 109 Å². The Morgan fingerprint density at radius 2 is 2.11 bits per heavy atom. The third kappa shape index (κ3) is 2.87. The molecule has 0 saturated carbocycles. The van der Waals surface area contributed by atoms with E-state index < -0.39 is 5.82 Å². The molecule has 0 radical (unpaired) electrons. The highest BCUT2D eigenvalue weighted by Crippen LogP contribution is 2.22. The first-order valence-corrected chi connectivity index (χ1v) is 5.66. The van der Waals surface area contributed by atoms with Crippen LogP contribution >= 0.6 is 11.6 Å². The van der Waals surface area contributed by atoms with Gasteiger partial charge >= 0.3 is 0 Å². The Hall–Kier alpha value is -1.88. The molecular weight excluding hydrogens is 255 g/mol. The summed E-state index contributed by atoms with van der Waals surface area (Å²) in [6.45, 7) is 0. The minimum absolute atomic E-state index is 0.00247. The van der Waals surface area contributed by atoms with Gasteiger partial charge in [-0.05, 0) is 29.8 Å². The predicted molar refractivity (Wildman–Crippen MR) is 71.1 cm³/mol. The fraction of sp³-hybridized carbons (Fsp3) is 0.167. The molecule has 0 aliphatic heterocycles. The minimum Gasteiger partial charge on any atom is -0.378 e. The molecule has 94 valence electrons. The third-order valence-corrected chi connectivity index (χ3v) is 2.52. The van der Waals surface area contributed by atoms with E-state index in [1.54, 1.807) is 0 Å². The lowest BCUT2D eigenvalue weighted by atomic mass is 10.2. The molecule has 1 aromatic carbocycles. The number of anilines is 3. The van der Waals surface area contributed by atoms with E-state index in [1.807, 2.05) is 43.3 Å². The van der Waals surface area contributed by atoms with Gasteiger partial charge in [-0.2, -0.15) is 4.98 Å². The van der Waals surface area contributed by atoms with Gasteiger partial charge in [0.1, 0.15) is 0 Å². The summed E-state index contributed by atoms with van der Waals surface area (Å²) < 4.78 is 13.5. The molecule has 2 aromatic rings. The summed E-state index contributed by atoms with van der Waals surface area (Å²) >= 11 is 5.63. The quantitative estimate of drug-likeness (QED) is 0.867. The maximum Gasteiger partial charge on any atom is 0.224 e. The van der Waals surface area contributed by atoms with E-state index in [4.69, 9.17) is 11.6 Å². The zero-order chi connectivity index (χ0) is 13.1. The Balaban J connectivity index is 2.28. The van der Waals surface area contributed by atoms with Gasteiger partial charge in [0.15, 0.2) is 11.6 Å². The molecule has 0 atom stereocenters. The lowest BCUT2D eigenvalue weighted by Gasteiger charge is -2.14. The van der Waals surface area contributed by atoms with E-state index in [1.165, 1.54) is 0 Å². The molecule has 1 N–H and O–H groups in total. The van der Waals surface area contributed by atoms with Gasteiger partial charge < -0.3 is 10.2 Å². The second-order valence-corrected chi connectivity index (χ2v) is 4.24. The first-order valence-electron chi connectivity index (χ1n) is 5.29. The second-order valence-electron chi connectivity index (χ2n) is 3.91. The normalized spacial score (nSPS) is 10.2. The molecule has 0 spiro atoms. The highest BCUT2D eigenvalue weighted by molar-refractivity contribution is 6.28. The molecule has 0 fully saturated rings. The van der Waals surface area contributed by atoms with Crippen molar-refractivity contribution >= 4 is 28.8 Å². The van der Waals surface area contributed by atoms with Gasteiger partial charge in [0.05, 0.1) is 6.20 Å². The molecule has 0 aliphatic rings. The first kappa shape index (κ1) is 12.6. The summed E-state index contributed by atoms with van der Waals surface area (Å²) in [5.41, 5.74) is 1.73. The smallest absolute Gasteiger partial charge is 0.224 e. The zero-order valence-electron chi connectivity index (χ0n) is 9.98. The van der Waals surface area contributed by atoms with E-state index in [9.17, 15) is 4.39 Å². The monoisotopic (exact) mass is 266 g/mol. The number of nitrogens with one attached hydrogen (secondary N) is 1. The Kier molecular flexibility index (Phi) is 3.62. The van der Waals surface area contributed by atoms with E-state index in [0.717, 1.165) is 17.6 Å². The highest BCUT2D eigenvalue weighted by atomic mass is 35.5. The number of hydrogen-bond donors (Lipinski definition) is 1. The summed E-state index contributed by atoms with van der Waals surface area (Å²) in [5.74, 6) is -0.486. The van der Waals surface area contributed by atoms with Crippen molar-refractivity contribution in [3.05, 3.63) is 41.6 Å². The molecule has 4 nitrogen and oxygen atoms in total. The van der Waals surface area contributed by atoms with Crippen LogP contribution in [0.3, 0.4) is 0 Å². The van der Waals surface area contributed by atoms with Crippen molar-refractivity contribution in [1.82, 2.24) is 9.97 Å². The molecule has 0 unspecified atom stereocenters. The molecule has 0 bridgehead atoms. The van der Waals surface area contributed by atoms with Crippen LogP contribution in [0.4, 0.5) is 21.6 Å². The van der Waals surface area contributed by atoms with Gasteiger partial charge in [0.25, 0.3) is 0 Å². The summed E-state index contributed by atoms with van der Waals surface area (Å²) in [7, 11) is 3.86. The van der Waals surface area contributed by atoms with Gasteiger partial charge in [0.2, 0.25) is 5.28 Å². The average Bonchev–Trinajstić information content (AvgIpc) is 2.34. The number of halogens is 2. The van der Waals surface area contributed by atoms with Crippen molar-refractivity contribution in [2.24, 2.45) is 0 Å². The van der Waals surface area contributed by atoms with E-state index in [-0.39, 0.29) is 11.1 Å². The maximum atomic E-state index is 13.5. The average molecular weight is 267 g/mol. The molecule has 0 saturated heterocycles. The van der Waals surface area contributed by atoms with Gasteiger partial charge in [-0.3, -0.25) is 0 Å². The fourth-order valence-corrected chi connectivity index (χ4v) is 1.57. The summed E-state index contributed by atoms with van der Waals surface area (Å²) in [4.78, 5) is 9.31. The number of benzene rings is 1. The van der Waals surface area contributed by atoms with Crippen molar-refractivity contribution in [3.8, 4) is 0 Å². The van der Waals surface area contributed by atoms with Gasteiger partial charge in [0, 0.05) is 25.5 Å². The number of hydrogen-bond acceptors (Lipinski definition) is 4. The van der Waals surface area contributed by atoms with Crippen molar-refractivity contribution in [2.75, 3.05) is 24.3 Å². The SMILES string of the molecule is CN(C)c1cccc(Nc2nc(Cl)ncc2F)c1. The molecule has 0 aliphatic carbocycles.